The molecule has 1 N–H and O–H groups in total. The predicted octanol–water partition coefficient (Wildman–Crippen LogP) is 2.39. The summed E-state index contributed by atoms with van der Waals surface area (Å²) in [6.07, 6.45) is 3.51. The minimum Gasteiger partial charge on any atom is -0.377 e. The molecule has 6 nitrogen and oxygen atoms in total. The topological polar surface area (TPSA) is 60.6 Å². The second-order valence-corrected chi connectivity index (χ2v) is 5.09. The van der Waals surface area contributed by atoms with E-state index >= 15 is 0 Å². The lowest BCUT2D eigenvalue weighted by Gasteiger charge is -2.15. The third-order valence-electron chi connectivity index (χ3n) is 3.54. The molecule has 2 heterocycles. The van der Waals surface area contributed by atoms with E-state index in [9.17, 15) is 0 Å². The standard InChI is InChI=1S/C15H18N6/c1-11(14-8-9-17-21(14)3)18-13-6-4-12(5-7-13)15-19-16-10-20(15)2/h4-11,18H,1-3H3. The molecule has 1 atom stereocenters. The summed E-state index contributed by atoms with van der Waals surface area (Å²) in [5.41, 5.74) is 3.26. The SMILES string of the molecule is CC(Nc1ccc(-c2nncn2C)cc1)c1ccnn1C. The fraction of sp³-hybridized carbons (Fsp3) is 0.267. The van der Waals surface area contributed by atoms with Crippen molar-refractivity contribution in [2.75, 3.05) is 5.32 Å². The molecule has 3 aromatic rings. The van der Waals surface area contributed by atoms with Crippen LogP contribution in [0.4, 0.5) is 5.69 Å². The summed E-state index contributed by atoms with van der Waals surface area (Å²) in [6, 6.07) is 10.4. The molecule has 108 valence electrons. The largest absolute Gasteiger partial charge is 0.377 e. The maximum Gasteiger partial charge on any atom is 0.163 e. The smallest absolute Gasteiger partial charge is 0.163 e. The van der Waals surface area contributed by atoms with Crippen LogP contribution in [0.15, 0.2) is 42.9 Å². The van der Waals surface area contributed by atoms with Crippen LogP contribution < -0.4 is 5.32 Å². The van der Waals surface area contributed by atoms with Gasteiger partial charge in [-0.15, -0.1) is 10.2 Å². The van der Waals surface area contributed by atoms with Crippen LogP contribution in [0, 0.1) is 0 Å². The lowest BCUT2D eigenvalue weighted by Crippen LogP contribution is -2.11. The van der Waals surface area contributed by atoms with E-state index < -0.39 is 0 Å². The Kier molecular flexibility index (Phi) is 3.43. The minimum absolute atomic E-state index is 0.193. The number of nitrogens with one attached hydrogen (secondary N) is 1. The molecule has 0 aliphatic carbocycles. The van der Waals surface area contributed by atoms with E-state index in [4.69, 9.17) is 0 Å². The fourth-order valence-corrected chi connectivity index (χ4v) is 2.39. The van der Waals surface area contributed by atoms with Crippen molar-refractivity contribution in [2.24, 2.45) is 14.1 Å². The van der Waals surface area contributed by atoms with Crippen LogP contribution in [0.2, 0.25) is 0 Å². The van der Waals surface area contributed by atoms with Crippen molar-refractivity contribution < 1.29 is 0 Å². The molecule has 0 bridgehead atoms. The normalized spacial score (nSPS) is 12.3. The summed E-state index contributed by atoms with van der Waals surface area (Å²) < 4.78 is 3.78. The van der Waals surface area contributed by atoms with Crippen LogP contribution in [0.25, 0.3) is 11.4 Å². The second-order valence-electron chi connectivity index (χ2n) is 5.09. The van der Waals surface area contributed by atoms with Crippen molar-refractivity contribution in [3.05, 3.63) is 48.5 Å². The third kappa shape index (κ3) is 2.65. The summed E-state index contributed by atoms with van der Waals surface area (Å²) in [5.74, 6) is 0.862. The van der Waals surface area contributed by atoms with Crippen molar-refractivity contribution in [1.29, 1.82) is 0 Å². The van der Waals surface area contributed by atoms with E-state index in [2.05, 4.69) is 39.7 Å². The zero-order chi connectivity index (χ0) is 14.8. The Balaban J connectivity index is 1.76. The highest BCUT2D eigenvalue weighted by atomic mass is 15.3. The highest BCUT2D eigenvalue weighted by Gasteiger charge is 2.09. The molecule has 21 heavy (non-hydrogen) atoms. The zero-order valence-corrected chi connectivity index (χ0v) is 12.4. The van der Waals surface area contributed by atoms with E-state index in [-0.39, 0.29) is 6.04 Å². The molecular weight excluding hydrogens is 264 g/mol. The summed E-state index contributed by atoms with van der Waals surface area (Å²) in [5, 5.41) is 15.7. The molecule has 2 aromatic heterocycles. The number of hydrogen-bond acceptors (Lipinski definition) is 4. The Labute approximate surface area is 123 Å². The number of benzene rings is 1. The van der Waals surface area contributed by atoms with Gasteiger partial charge >= 0.3 is 0 Å². The fourth-order valence-electron chi connectivity index (χ4n) is 2.39. The Morgan fingerprint density at radius 2 is 1.86 bits per heavy atom. The summed E-state index contributed by atoms with van der Waals surface area (Å²) in [7, 11) is 3.89. The Hall–Kier alpha value is -2.63. The van der Waals surface area contributed by atoms with Gasteiger partial charge in [-0.05, 0) is 37.3 Å². The van der Waals surface area contributed by atoms with Gasteiger partial charge in [0.15, 0.2) is 5.82 Å². The van der Waals surface area contributed by atoms with Gasteiger partial charge in [-0.2, -0.15) is 5.10 Å². The molecule has 0 aliphatic heterocycles. The van der Waals surface area contributed by atoms with Crippen molar-refractivity contribution in [1.82, 2.24) is 24.5 Å². The highest BCUT2D eigenvalue weighted by molar-refractivity contribution is 5.60. The van der Waals surface area contributed by atoms with Crippen LogP contribution in [-0.4, -0.2) is 24.5 Å². The maximum absolute atomic E-state index is 4.20. The van der Waals surface area contributed by atoms with Gasteiger partial charge < -0.3 is 9.88 Å². The highest BCUT2D eigenvalue weighted by Crippen LogP contribution is 2.22. The lowest BCUT2D eigenvalue weighted by atomic mass is 10.1. The van der Waals surface area contributed by atoms with Crippen molar-refractivity contribution >= 4 is 5.69 Å². The first-order chi connectivity index (χ1) is 10.1. The molecule has 6 heteroatoms. The van der Waals surface area contributed by atoms with Gasteiger partial charge in [-0.25, -0.2) is 0 Å². The summed E-state index contributed by atoms with van der Waals surface area (Å²) in [4.78, 5) is 0. The van der Waals surface area contributed by atoms with Crippen molar-refractivity contribution in [2.45, 2.75) is 13.0 Å². The first kappa shape index (κ1) is 13.4. The second kappa shape index (κ2) is 5.40. The number of hydrogen-bond donors (Lipinski definition) is 1. The van der Waals surface area contributed by atoms with Crippen LogP contribution in [-0.2, 0) is 14.1 Å². The van der Waals surface area contributed by atoms with Gasteiger partial charge in [0.2, 0.25) is 0 Å². The minimum atomic E-state index is 0.193. The molecule has 0 spiro atoms. The van der Waals surface area contributed by atoms with Crippen LogP contribution in [0.1, 0.15) is 18.7 Å². The molecule has 1 aromatic carbocycles. The van der Waals surface area contributed by atoms with Gasteiger partial charge in [0.25, 0.3) is 0 Å². The average Bonchev–Trinajstić information content (AvgIpc) is 3.08. The summed E-state index contributed by atoms with van der Waals surface area (Å²) in [6.45, 7) is 2.12. The molecule has 1 unspecified atom stereocenters. The maximum atomic E-state index is 4.20. The number of nitrogens with zero attached hydrogens (tertiary/aromatic N) is 5. The van der Waals surface area contributed by atoms with Gasteiger partial charge in [-0.3, -0.25) is 4.68 Å². The molecule has 0 radical (unpaired) electrons. The van der Waals surface area contributed by atoms with Gasteiger partial charge in [0.05, 0.1) is 11.7 Å². The number of anilines is 1. The average molecular weight is 282 g/mol. The third-order valence-corrected chi connectivity index (χ3v) is 3.54. The first-order valence-electron chi connectivity index (χ1n) is 6.84. The first-order valence-corrected chi connectivity index (χ1v) is 6.84. The van der Waals surface area contributed by atoms with Crippen LogP contribution in [0.5, 0.6) is 0 Å². The molecule has 3 rings (SSSR count). The van der Waals surface area contributed by atoms with Crippen LogP contribution in [0.3, 0.4) is 0 Å². The summed E-state index contributed by atoms with van der Waals surface area (Å²) >= 11 is 0. The Morgan fingerprint density at radius 1 is 1.10 bits per heavy atom. The number of aromatic nitrogens is 5. The quantitative estimate of drug-likeness (QED) is 0.798. The van der Waals surface area contributed by atoms with Crippen molar-refractivity contribution in [3.8, 4) is 11.4 Å². The van der Waals surface area contributed by atoms with Crippen LogP contribution >= 0.6 is 0 Å². The van der Waals surface area contributed by atoms with Gasteiger partial charge in [0, 0.05) is 31.5 Å². The van der Waals surface area contributed by atoms with E-state index in [1.54, 1.807) is 6.33 Å². The van der Waals surface area contributed by atoms with Gasteiger partial charge in [0.1, 0.15) is 6.33 Å². The lowest BCUT2D eigenvalue weighted by molar-refractivity contribution is 0.676. The Bertz CT molecular complexity index is 725. The molecule has 0 saturated carbocycles. The number of rotatable bonds is 4. The Morgan fingerprint density at radius 3 is 2.43 bits per heavy atom. The monoisotopic (exact) mass is 282 g/mol. The zero-order valence-electron chi connectivity index (χ0n) is 12.4. The van der Waals surface area contributed by atoms with E-state index in [0.29, 0.717) is 0 Å². The molecule has 0 aliphatic rings. The van der Waals surface area contributed by atoms with E-state index in [1.807, 2.05) is 47.7 Å². The molecule has 0 fully saturated rings. The predicted molar refractivity (Wildman–Crippen MR) is 81.7 cm³/mol. The number of aryl methyl sites for hydroxylation is 2. The molecule has 0 saturated heterocycles. The van der Waals surface area contributed by atoms with Crippen molar-refractivity contribution in [3.63, 3.8) is 0 Å². The van der Waals surface area contributed by atoms with E-state index in [1.165, 1.54) is 0 Å². The molecular formula is C15H18N6. The molecule has 0 amide bonds. The van der Waals surface area contributed by atoms with Gasteiger partial charge in [-0.1, -0.05) is 0 Å². The van der Waals surface area contributed by atoms with E-state index in [0.717, 1.165) is 22.8 Å².